The van der Waals surface area contributed by atoms with Gasteiger partial charge in [-0.2, -0.15) is 0 Å². The fourth-order valence-corrected chi connectivity index (χ4v) is 5.41. The van der Waals surface area contributed by atoms with Gasteiger partial charge < -0.3 is 9.88 Å². The van der Waals surface area contributed by atoms with Crippen molar-refractivity contribution < 1.29 is 13.2 Å². The number of anilines is 1. The standard InChI is InChI=1S/C19H22N4O4S/c1-13-20-17-7-9-22(12-16(17)18(24)21-13)19(25)14-5-4-6-15(11-14)23-8-2-3-10-28(23,26)27/h4-6,11H,2-3,7-10,12H2,1H3,(H,20,21,24). The third kappa shape index (κ3) is 3.42. The highest BCUT2D eigenvalue weighted by Gasteiger charge is 2.28. The predicted molar refractivity (Wildman–Crippen MR) is 105 cm³/mol. The first-order chi connectivity index (χ1) is 13.3. The Bertz CT molecular complexity index is 1090. The number of nitrogens with one attached hydrogen (secondary N) is 1. The SMILES string of the molecule is Cc1nc2c(c(=O)[nH]1)CN(C(=O)c1cccc(N3CCCCS3(=O)=O)c1)CC2. The molecule has 0 radical (unpaired) electrons. The van der Waals surface area contributed by atoms with Crippen molar-refractivity contribution in [3.63, 3.8) is 0 Å². The van der Waals surface area contributed by atoms with E-state index < -0.39 is 10.0 Å². The van der Waals surface area contributed by atoms with Crippen molar-refractivity contribution in [2.24, 2.45) is 0 Å². The summed E-state index contributed by atoms with van der Waals surface area (Å²) in [5.41, 5.74) is 1.96. The first kappa shape index (κ1) is 18.7. The zero-order valence-corrected chi connectivity index (χ0v) is 16.5. The first-order valence-electron chi connectivity index (χ1n) is 9.33. The Balaban J connectivity index is 1.60. The van der Waals surface area contributed by atoms with Crippen molar-refractivity contribution in [2.75, 3.05) is 23.1 Å². The number of amides is 1. The van der Waals surface area contributed by atoms with Gasteiger partial charge in [0.1, 0.15) is 5.82 Å². The summed E-state index contributed by atoms with van der Waals surface area (Å²) in [7, 11) is -3.34. The largest absolute Gasteiger partial charge is 0.334 e. The lowest BCUT2D eigenvalue weighted by atomic mass is 10.1. The van der Waals surface area contributed by atoms with Crippen molar-refractivity contribution in [3.8, 4) is 0 Å². The summed E-state index contributed by atoms with van der Waals surface area (Å²) in [6, 6.07) is 6.71. The molecule has 28 heavy (non-hydrogen) atoms. The van der Waals surface area contributed by atoms with E-state index in [9.17, 15) is 18.0 Å². The maximum atomic E-state index is 13.0. The molecule has 1 aromatic heterocycles. The van der Waals surface area contributed by atoms with Gasteiger partial charge in [-0.3, -0.25) is 13.9 Å². The van der Waals surface area contributed by atoms with E-state index in [1.54, 1.807) is 36.1 Å². The van der Waals surface area contributed by atoms with E-state index in [2.05, 4.69) is 9.97 Å². The lowest BCUT2D eigenvalue weighted by molar-refractivity contribution is 0.0732. The number of carbonyl (C=O) groups is 1. The van der Waals surface area contributed by atoms with E-state index in [0.717, 1.165) is 12.1 Å². The van der Waals surface area contributed by atoms with E-state index in [1.165, 1.54) is 4.31 Å². The molecule has 2 aromatic rings. The molecule has 0 saturated carbocycles. The van der Waals surface area contributed by atoms with Gasteiger partial charge in [0.25, 0.3) is 11.5 Å². The van der Waals surface area contributed by atoms with Crippen LogP contribution in [0.25, 0.3) is 0 Å². The number of hydrogen-bond acceptors (Lipinski definition) is 5. The summed E-state index contributed by atoms with van der Waals surface area (Å²) in [6.07, 6.45) is 1.98. The average molecular weight is 402 g/mol. The monoisotopic (exact) mass is 402 g/mol. The highest BCUT2D eigenvalue weighted by atomic mass is 32.2. The fraction of sp³-hybridized carbons (Fsp3) is 0.421. The number of fused-ring (bicyclic) bond motifs is 1. The minimum atomic E-state index is -3.34. The van der Waals surface area contributed by atoms with E-state index in [4.69, 9.17) is 0 Å². The number of nitrogens with zero attached hydrogens (tertiary/aromatic N) is 3. The summed E-state index contributed by atoms with van der Waals surface area (Å²) in [4.78, 5) is 33.9. The number of carbonyl (C=O) groups excluding carboxylic acids is 1. The summed E-state index contributed by atoms with van der Waals surface area (Å²) >= 11 is 0. The Morgan fingerprint density at radius 1 is 1.21 bits per heavy atom. The van der Waals surface area contributed by atoms with Gasteiger partial charge in [-0.05, 0) is 38.0 Å². The van der Waals surface area contributed by atoms with Gasteiger partial charge in [0, 0.05) is 25.1 Å². The van der Waals surface area contributed by atoms with Crippen LogP contribution in [0.2, 0.25) is 0 Å². The maximum Gasteiger partial charge on any atom is 0.256 e. The van der Waals surface area contributed by atoms with E-state index in [0.29, 0.717) is 48.6 Å². The van der Waals surface area contributed by atoms with Crippen LogP contribution >= 0.6 is 0 Å². The topological polar surface area (TPSA) is 103 Å². The minimum Gasteiger partial charge on any atom is -0.334 e. The van der Waals surface area contributed by atoms with Gasteiger partial charge in [0.2, 0.25) is 10.0 Å². The summed E-state index contributed by atoms with van der Waals surface area (Å²) in [5.74, 6) is 0.476. The number of aryl methyl sites for hydroxylation is 1. The van der Waals surface area contributed by atoms with Gasteiger partial charge in [-0.25, -0.2) is 13.4 Å². The molecule has 2 aliphatic rings. The van der Waals surface area contributed by atoms with E-state index in [-0.39, 0.29) is 23.8 Å². The molecule has 2 aliphatic heterocycles. The van der Waals surface area contributed by atoms with Crippen LogP contribution in [0.5, 0.6) is 0 Å². The van der Waals surface area contributed by atoms with Crippen LogP contribution in [0, 0.1) is 6.92 Å². The predicted octanol–water partition coefficient (Wildman–Crippen LogP) is 1.21. The third-order valence-electron chi connectivity index (χ3n) is 5.20. The second-order valence-corrected chi connectivity index (χ2v) is 9.21. The van der Waals surface area contributed by atoms with Crippen molar-refractivity contribution in [2.45, 2.75) is 32.7 Å². The first-order valence-corrected chi connectivity index (χ1v) is 10.9. The Morgan fingerprint density at radius 2 is 2.04 bits per heavy atom. The molecular weight excluding hydrogens is 380 g/mol. The van der Waals surface area contributed by atoms with E-state index >= 15 is 0 Å². The zero-order chi connectivity index (χ0) is 19.9. The number of hydrogen-bond donors (Lipinski definition) is 1. The van der Waals surface area contributed by atoms with E-state index in [1.807, 2.05) is 0 Å². The molecule has 1 aromatic carbocycles. The number of rotatable bonds is 2. The molecule has 0 unspecified atom stereocenters. The normalized spacial score (nSPS) is 18.6. The van der Waals surface area contributed by atoms with Crippen molar-refractivity contribution in [3.05, 3.63) is 57.3 Å². The van der Waals surface area contributed by atoms with Crippen LogP contribution in [-0.4, -0.2) is 48.0 Å². The fourth-order valence-electron chi connectivity index (χ4n) is 3.78. The van der Waals surface area contributed by atoms with Gasteiger partial charge in [0.15, 0.2) is 0 Å². The second kappa shape index (κ2) is 7.05. The molecule has 0 atom stereocenters. The molecule has 148 valence electrons. The van der Waals surface area contributed by atoms with Crippen LogP contribution in [-0.2, 0) is 23.0 Å². The van der Waals surface area contributed by atoms with Crippen LogP contribution < -0.4 is 9.86 Å². The maximum absolute atomic E-state index is 13.0. The molecule has 0 bridgehead atoms. The molecule has 3 heterocycles. The Kier molecular flexibility index (Phi) is 4.70. The van der Waals surface area contributed by atoms with Gasteiger partial charge in [0.05, 0.1) is 29.2 Å². The van der Waals surface area contributed by atoms with Gasteiger partial charge in [-0.15, -0.1) is 0 Å². The molecule has 0 aliphatic carbocycles. The number of benzene rings is 1. The number of H-pyrrole nitrogens is 1. The molecule has 1 fully saturated rings. The van der Waals surface area contributed by atoms with Crippen LogP contribution in [0.3, 0.4) is 0 Å². The molecule has 1 amide bonds. The number of aromatic nitrogens is 2. The minimum absolute atomic E-state index is 0.128. The third-order valence-corrected chi connectivity index (χ3v) is 7.07. The second-order valence-electron chi connectivity index (χ2n) is 7.20. The molecular formula is C19H22N4O4S. The smallest absolute Gasteiger partial charge is 0.256 e. The van der Waals surface area contributed by atoms with Crippen LogP contribution in [0.15, 0.2) is 29.1 Å². The highest BCUT2D eigenvalue weighted by Crippen LogP contribution is 2.25. The summed E-state index contributed by atoms with van der Waals surface area (Å²) in [5, 5.41) is 0. The summed E-state index contributed by atoms with van der Waals surface area (Å²) < 4.78 is 26.1. The summed E-state index contributed by atoms with van der Waals surface area (Å²) in [6.45, 7) is 2.83. The van der Waals surface area contributed by atoms with Gasteiger partial charge in [-0.1, -0.05) is 6.07 Å². The molecule has 0 spiro atoms. The Morgan fingerprint density at radius 3 is 2.82 bits per heavy atom. The van der Waals surface area contributed by atoms with Crippen molar-refractivity contribution >= 4 is 21.6 Å². The van der Waals surface area contributed by atoms with Crippen LogP contribution in [0.1, 0.15) is 40.3 Å². The molecule has 1 N–H and O–H groups in total. The van der Waals surface area contributed by atoms with Crippen molar-refractivity contribution in [1.82, 2.24) is 14.9 Å². The Hall–Kier alpha value is -2.68. The van der Waals surface area contributed by atoms with Crippen molar-refractivity contribution in [1.29, 1.82) is 0 Å². The Labute approximate surface area is 163 Å². The number of sulfonamides is 1. The molecule has 1 saturated heterocycles. The van der Waals surface area contributed by atoms with Crippen LogP contribution in [0.4, 0.5) is 5.69 Å². The zero-order valence-electron chi connectivity index (χ0n) is 15.6. The number of aromatic amines is 1. The lowest BCUT2D eigenvalue weighted by Crippen LogP contribution is -2.40. The highest BCUT2D eigenvalue weighted by molar-refractivity contribution is 7.92. The molecule has 8 nitrogen and oxygen atoms in total. The quantitative estimate of drug-likeness (QED) is 0.813. The average Bonchev–Trinajstić information content (AvgIpc) is 2.67. The molecule has 9 heteroatoms. The lowest BCUT2D eigenvalue weighted by Gasteiger charge is -2.30. The molecule has 4 rings (SSSR count). The van der Waals surface area contributed by atoms with Gasteiger partial charge >= 0.3 is 0 Å².